The lowest BCUT2D eigenvalue weighted by molar-refractivity contribution is 0.0697. The molecule has 1 aliphatic rings. The summed E-state index contributed by atoms with van der Waals surface area (Å²) < 4.78 is 2.84. The minimum atomic E-state index is -0.928. The number of aromatic nitrogens is 1. The Morgan fingerprint density at radius 1 is 1.13 bits per heavy atom. The number of rotatable bonds is 6. The number of carboxylic acids is 1. The van der Waals surface area contributed by atoms with Crippen LogP contribution in [0.5, 0.6) is 0 Å². The molecule has 0 aliphatic carbocycles. The quantitative estimate of drug-likeness (QED) is 0.628. The first-order chi connectivity index (χ1) is 14.2. The topological polar surface area (TPSA) is 62.5 Å². The molecule has 1 saturated heterocycles. The Morgan fingerprint density at radius 2 is 1.70 bits per heavy atom. The average Bonchev–Trinajstić information content (AvgIpc) is 3.19. The Labute approximate surface area is 187 Å². The van der Waals surface area contributed by atoms with Crippen LogP contribution in [-0.2, 0) is 19.5 Å². The van der Waals surface area contributed by atoms with Crippen molar-refractivity contribution >= 4 is 21.9 Å². The van der Waals surface area contributed by atoms with E-state index < -0.39 is 5.97 Å². The Balaban J connectivity index is 0.000000735. The van der Waals surface area contributed by atoms with E-state index in [1.807, 2.05) is 29.7 Å². The number of nitrogens with zero attached hydrogens (tertiary/aromatic N) is 2. The second kappa shape index (κ2) is 11.5. The van der Waals surface area contributed by atoms with Crippen molar-refractivity contribution in [2.45, 2.75) is 60.0 Å². The summed E-state index contributed by atoms with van der Waals surface area (Å²) in [5, 5.41) is 9.00. The van der Waals surface area contributed by atoms with Gasteiger partial charge < -0.3 is 9.67 Å². The molecule has 2 aromatic rings. The van der Waals surface area contributed by atoms with E-state index in [-0.39, 0.29) is 11.1 Å². The summed E-state index contributed by atoms with van der Waals surface area (Å²) in [6.07, 6.45) is 3.11. The van der Waals surface area contributed by atoms with Crippen molar-refractivity contribution in [3.8, 4) is 0 Å². The lowest BCUT2D eigenvalue weighted by Gasteiger charge is -2.21. The number of halogens is 1. The SMILES string of the molecule is CC(C)C.Cc1cc(Br)c(CN2CCCC2)n(CCc2ccc(C(=O)O)cc2)c1=O. The smallest absolute Gasteiger partial charge is 0.335 e. The number of pyridine rings is 1. The fourth-order valence-corrected chi connectivity index (χ4v) is 4.09. The highest BCUT2D eigenvalue weighted by atomic mass is 79.9. The lowest BCUT2D eigenvalue weighted by Crippen LogP contribution is -2.30. The molecule has 1 aromatic heterocycles. The van der Waals surface area contributed by atoms with Gasteiger partial charge in [-0.2, -0.15) is 0 Å². The van der Waals surface area contributed by atoms with E-state index in [1.165, 1.54) is 12.8 Å². The summed E-state index contributed by atoms with van der Waals surface area (Å²) in [5.41, 5.74) is 3.09. The van der Waals surface area contributed by atoms with E-state index >= 15 is 0 Å². The van der Waals surface area contributed by atoms with E-state index in [0.29, 0.717) is 13.0 Å². The van der Waals surface area contributed by atoms with Gasteiger partial charge in [0.1, 0.15) is 0 Å². The average molecular weight is 477 g/mol. The molecule has 1 aromatic carbocycles. The molecule has 3 rings (SSSR count). The first-order valence-corrected chi connectivity index (χ1v) is 11.4. The van der Waals surface area contributed by atoms with Crippen molar-refractivity contribution in [2.75, 3.05) is 13.1 Å². The highest BCUT2D eigenvalue weighted by molar-refractivity contribution is 9.10. The van der Waals surface area contributed by atoms with Crippen LogP contribution in [0, 0.1) is 12.8 Å². The molecule has 1 aliphatic heterocycles. The van der Waals surface area contributed by atoms with Crippen molar-refractivity contribution in [1.29, 1.82) is 0 Å². The fourth-order valence-electron chi connectivity index (χ4n) is 3.40. The highest BCUT2D eigenvalue weighted by Gasteiger charge is 2.18. The van der Waals surface area contributed by atoms with E-state index in [9.17, 15) is 9.59 Å². The second-order valence-electron chi connectivity index (χ2n) is 8.55. The molecule has 30 heavy (non-hydrogen) atoms. The maximum Gasteiger partial charge on any atom is 0.335 e. The molecule has 0 radical (unpaired) electrons. The van der Waals surface area contributed by atoms with Gasteiger partial charge in [-0.15, -0.1) is 0 Å². The molecule has 6 heteroatoms. The van der Waals surface area contributed by atoms with Gasteiger partial charge >= 0.3 is 5.97 Å². The molecular weight excluding hydrogens is 444 g/mol. The summed E-state index contributed by atoms with van der Waals surface area (Å²) in [6, 6.07) is 8.76. The van der Waals surface area contributed by atoms with Crippen molar-refractivity contribution < 1.29 is 9.90 Å². The van der Waals surface area contributed by atoms with E-state index in [4.69, 9.17) is 5.11 Å². The number of benzene rings is 1. The molecule has 0 spiro atoms. The number of hydrogen-bond donors (Lipinski definition) is 1. The predicted molar refractivity (Wildman–Crippen MR) is 125 cm³/mol. The van der Waals surface area contributed by atoms with Crippen molar-refractivity contribution in [1.82, 2.24) is 9.47 Å². The molecule has 0 atom stereocenters. The molecular formula is C24H33BrN2O3. The van der Waals surface area contributed by atoms with Crippen LogP contribution in [0.4, 0.5) is 0 Å². The Hall–Kier alpha value is -1.92. The molecule has 0 saturated carbocycles. The molecule has 0 bridgehead atoms. The van der Waals surface area contributed by atoms with Gasteiger partial charge in [0.05, 0.1) is 5.56 Å². The highest BCUT2D eigenvalue weighted by Crippen LogP contribution is 2.21. The molecule has 164 valence electrons. The van der Waals surface area contributed by atoms with Gasteiger partial charge in [-0.05, 0) is 84.9 Å². The number of aromatic carboxylic acids is 1. The molecule has 1 N–H and O–H groups in total. The zero-order valence-electron chi connectivity index (χ0n) is 18.4. The third-order valence-electron chi connectivity index (χ3n) is 4.92. The van der Waals surface area contributed by atoms with Crippen LogP contribution >= 0.6 is 15.9 Å². The number of aryl methyl sites for hydroxylation is 2. The molecule has 0 amide bonds. The number of carbonyl (C=O) groups is 1. The maximum absolute atomic E-state index is 12.7. The minimum absolute atomic E-state index is 0.0459. The van der Waals surface area contributed by atoms with Gasteiger partial charge in [0.15, 0.2) is 0 Å². The van der Waals surface area contributed by atoms with Gasteiger partial charge in [0.25, 0.3) is 5.56 Å². The Bertz CT molecular complexity index is 895. The molecule has 5 nitrogen and oxygen atoms in total. The van der Waals surface area contributed by atoms with Crippen molar-refractivity contribution in [2.24, 2.45) is 5.92 Å². The summed E-state index contributed by atoms with van der Waals surface area (Å²) >= 11 is 3.64. The first kappa shape index (κ1) is 24.4. The van der Waals surface area contributed by atoms with E-state index in [1.54, 1.807) is 12.1 Å². The minimum Gasteiger partial charge on any atom is -0.478 e. The first-order valence-electron chi connectivity index (χ1n) is 10.6. The number of likely N-dealkylation sites (tertiary alicyclic amines) is 1. The predicted octanol–water partition coefficient (Wildman–Crippen LogP) is 5.12. The van der Waals surface area contributed by atoms with Crippen LogP contribution in [0.1, 0.15) is 60.8 Å². The van der Waals surface area contributed by atoms with Crippen LogP contribution in [-0.4, -0.2) is 33.6 Å². The summed E-state index contributed by atoms with van der Waals surface area (Å²) in [5.74, 6) is -0.0942. The van der Waals surface area contributed by atoms with E-state index in [0.717, 1.165) is 46.8 Å². The largest absolute Gasteiger partial charge is 0.478 e. The van der Waals surface area contributed by atoms with Gasteiger partial charge in [-0.25, -0.2) is 4.79 Å². The normalized spacial score (nSPS) is 13.9. The summed E-state index contributed by atoms with van der Waals surface area (Å²) in [7, 11) is 0. The third kappa shape index (κ3) is 7.10. The maximum atomic E-state index is 12.7. The second-order valence-corrected chi connectivity index (χ2v) is 9.40. The van der Waals surface area contributed by atoms with Gasteiger partial charge in [0.2, 0.25) is 0 Å². The Morgan fingerprint density at radius 3 is 2.23 bits per heavy atom. The number of hydrogen-bond acceptors (Lipinski definition) is 3. The van der Waals surface area contributed by atoms with Crippen LogP contribution in [0.3, 0.4) is 0 Å². The third-order valence-corrected chi connectivity index (χ3v) is 5.61. The molecule has 0 unspecified atom stereocenters. The zero-order chi connectivity index (χ0) is 22.3. The monoisotopic (exact) mass is 476 g/mol. The standard InChI is InChI=1S/C20H23BrN2O3.C4H10/c1-14-12-17(21)18(13-22-9-2-3-10-22)23(19(14)24)11-8-15-4-6-16(7-5-15)20(25)26;1-4(2)3/h4-7,12H,2-3,8-11,13H2,1H3,(H,25,26);4H,1-3H3. The summed E-state index contributed by atoms with van der Waals surface area (Å²) in [4.78, 5) is 26.1. The van der Waals surface area contributed by atoms with Crippen LogP contribution < -0.4 is 5.56 Å². The van der Waals surface area contributed by atoms with Crippen LogP contribution in [0.25, 0.3) is 0 Å². The lowest BCUT2D eigenvalue weighted by atomic mass is 10.1. The summed E-state index contributed by atoms with van der Waals surface area (Å²) in [6.45, 7) is 11.8. The van der Waals surface area contributed by atoms with Gasteiger partial charge in [0, 0.05) is 28.8 Å². The van der Waals surface area contributed by atoms with Crippen molar-refractivity contribution in [3.63, 3.8) is 0 Å². The Kier molecular flexibility index (Phi) is 9.31. The molecule has 2 heterocycles. The van der Waals surface area contributed by atoms with Crippen molar-refractivity contribution in [3.05, 3.63) is 67.5 Å². The number of carboxylic acid groups (broad SMARTS) is 1. The van der Waals surface area contributed by atoms with Crippen LogP contribution in [0.15, 0.2) is 39.6 Å². The van der Waals surface area contributed by atoms with Crippen LogP contribution in [0.2, 0.25) is 0 Å². The molecule has 1 fully saturated rings. The van der Waals surface area contributed by atoms with E-state index in [2.05, 4.69) is 41.6 Å². The van der Waals surface area contributed by atoms with Gasteiger partial charge in [-0.3, -0.25) is 9.69 Å². The van der Waals surface area contributed by atoms with Gasteiger partial charge in [-0.1, -0.05) is 32.9 Å². The fraction of sp³-hybridized carbons (Fsp3) is 0.500. The zero-order valence-corrected chi connectivity index (χ0v) is 20.0.